The van der Waals surface area contributed by atoms with Crippen LogP contribution in [-0.4, -0.2) is 35.4 Å². The van der Waals surface area contributed by atoms with Crippen LogP contribution in [-0.2, 0) is 0 Å². The molecule has 0 aliphatic carbocycles. The van der Waals surface area contributed by atoms with Gasteiger partial charge in [-0.15, -0.1) is 10.2 Å². The number of rotatable bonds is 2. The maximum Gasteiger partial charge on any atom is 0.299 e. The van der Waals surface area contributed by atoms with Crippen LogP contribution in [0.4, 0.5) is 0 Å². The largest absolute Gasteiger partial charge is 0.299 e. The quantitative estimate of drug-likeness (QED) is 0.567. The van der Waals surface area contributed by atoms with Crippen molar-refractivity contribution in [3.63, 3.8) is 0 Å². The van der Waals surface area contributed by atoms with Gasteiger partial charge in [-0.25, -0.2) is 9.19 Å². The number of hydrogen-bond acceptors (Lipinski definition) is 6. The highest BCUT2D eigenvalue weighted by molar-refractivity contribution is 5.99. The number of carbonyl (C=O) groups excluding carboxylic acids is 1. The first-order chi connectivity index (χ1) is 11.2. The van der Waals surface area contributed by atoms with E-state index in [4.69, 9.17) is 0 Å². The normalized spacial score (nSPS) is 11.0. The van der Waals surface area contributed by atoms with Gasteiger partial charge in [-0.3, -0.25) is 20.0 Å². The summed E-state index contributed by atoms with van der Waals surface area (Å²) in [6.45, 7) is 0. The third-order valence-electron chi connectivity index (χ3n) is 3.29. The highest BCUT2D eigenvalue weighted by Gasteiger charge is 2.12. The molecule has 4 rings (SSSR count). The molecule has 4 heterocycles. The highest BCUT2D eigenvalue weighted by Crippen LogP contribution is 2.07. The van der Waals surface area contributed by atoms with Crippen molar-refractivity contribution in [3.05, 3.63) is 65.0 Å². The Hall–Kier alpha value is -3.62. The summed E-state index contributed by atoms with van der Waals surface area (Å²) < 4.78 is 2.57. The standard InChI is InChI=1S/C14H9N7O2/c22-13(9-2-1-5-15-8-9)19-20-7-4-10-12(14(20)23)18-17-11-3-6-16-21(10)11/h1-8H,(H,19,22). The van der Waals surface area contributed by atoms with E-state index >= 15 is 0 Å². The average Bonchev–Trinajstić information content (AvgIpc) is 3.07. The van der Waals surface area contributed by atoms with E-state index in [0.29, 0.717) is 16.7 Å². The van der Waals surface area contributed by atoms with Gasteiger partial charge in [-0.1, -0.05) is 0 Å². The number of amides is 1. The molecule has 0 bridgehead atoms. The van der Waals surface area contributed by atoms with Crippen molar-refractivity contribution < 1.29 is 4.79 Å². The first-order valence-corrected chi connectivity index (χ1v) is 6.67. The Bertz CT molecular complexity index is 1080. The molecule has 9 heteroatoms. The van der Waals surface area contributed by atoms with Crippen LogP contribution in [0.3, 0.4) is 0 Å². The van der Waals surface area contributed by atoms with Crippen LogP contribution >= 0.6 is 0 Å². The fraction of sp³-hybridized carbons (Fsp3) is 0. The summed E-state index contributed by atoms with van der Waals surface area (Å²) in [5, 5.41) is 11.9. The van der Waals surface area contributed by atoms with Gasteiger partial charge in [0, 0.05) is 24.7 Å². The predicted octanol–water partition coefficient (Wildman–Crippen LogP) is 0.218. The second kappa shape index (κ2) is 4.98. The predicted molar refractivity (Wildman–Crippen MR) is 80.5 cm³/mol. The Labute approximate surface area is 128 Å². The SMILES string of the molecule is O=C(Nn1ccc2c(nnc3ccnn32)c1=O)c1cccnc1. The average molecular weight is 307 g/mol. The molecule has 23 heavy (non-hydrogen) atoms. The summed E-state index contributed by atoms with van der Waals surface area (Å²) in [7, 11) is 0. The van der Waals surface area contributed by atoms with E-state index in [9.17, 15) is 9.59 Å². The van der Waals surface area contributed by atoms with E-state index in [1.54, 1.807) is 36.7 Å². The highest BCUT2D eigenvalue weighted by atomic mass is 16.2. The fourth-order valence-electron chi connectivity index (χ4n) is 2.20. The van der Waals surface area contributed by atoms with Gasteiger partial charge < -0.3 is 0 Å². The maximum absolute atomic E-state index is 12.4. The van der Waals surface area contributed by atoms with Crippen molar-refractivity contribution in [2.24, 2.45) is 0 Å². The molecule has 0 aliphatic rings. The monoisotopic (exact) mass is 307 g/mol. The van der Waals surface area contributed by atoms with Crippen LogP contribution in [0.2, 0.25) is 0 Å². The molecule has 4 aromatic rings. The molecule has 0 radical (unpaired) electrons. The van der Waals surface area contributed by atoms with Gasteiger partial charge in [0.25, 0.3) is 11.5 Å². The molecule has 0 fully saturated rings. The minimum atomic E-state index is -0.496. The molecule has 1 amide bonds. The Morgan fingerprint density at radius 2 is 2.04 bits per heavy atom. The second-order valence-electron chi connectivity index (χ2n) is 4.71. The number of nitrogens with zero attached hydrogens (tertiary/aromatic N) is 6. The molecular weight excluding hydrogens is 298 g/mol. The van der Waals surface area contributed by atoms with Gasteiger partial charge in [-0.05, 0) is 18.2 Å². The molecule has 0 unspecified atom stereocenters. The summed E-state index contributed by atoms with van der Waals surface area (Å²) in [5.41, 5.74) is 3.49. The molecule has 0 atom stereocenters. The van der Waals surface area contributed by atoms with Gasteiger partial charge in [0.15, 0.2) is 11.2 Å². The van der Waals surface area contributed by atoms with Crippen molar-refractivity contribution >= 4 is 22.6 Å². The first-order valence-electron chi connectivity index (χ1n) is 6.67. The van der Waals surface area contributed by atoms with Crippen LogP contribution in [0.5, 0.6) is 0 Å². The summed E-state index contributed by atoms with van der Waals surface area (Å²) in [5.74, 6) is -0.451. The summed E-state index contributed by atoms with van der Waals surface area (Å²) in [6, 6.07) is 6.55. The number of carbonyl (C=O) groups is 1. The lowest BCUT2D eigenvalue weighted by atomic mass is 10.3. The third kappa shape index (κ3) is 2.11. The number of hydrogen-bond donors (Lipinski definition) is 1. The zero-order chi connectivity index (χ0) is 15.8. The Morgan fingerprint density at radius 3 is 2.87 bits per heavy atom. The van der Waals surface area contributed by atoms with E-state index in [1.807, 2.05) is 0 Å². The molecule has 0 aliphatic heterocycles. The van der Waals surface area contributed by atoms with E-state index in [1.165, 1.54) is 16.9 Å². The number of fused-ring (bicyclic) bond motifs is 3. The van der Waals surface area contributed by atoms with E-state index in [2.05, 4.69) is 25.7 Å². The molecule has 0 saturated carbocycles. The topological polar surface area (TPSA) is 107 Å². The van der Waals surface area contributed by atoms with Crippen molar-refractivity contribution in [3.8, 4) is 0 Å². The van der Waals surface area contributed by atoms with Crippen LogP contribution in [0.15, 0.2) is 53.8 Å². The number of pyridine rings is 2. The van der Waals surface area contributed by atoms with Crippen molar-refractivity contribution in [1.29, 1.82) is 0 Å². The van der Waals surface area contributed by atoms with Gasteiger partial charge in [0.05, 0.1) is 11.8 Å². The van der Waals surface area contributed by atoms with E-state index in [0.717, 1.165) is 4.68 Å². The maximum atomic E-state index is 12.4. The molecule has 0 spiro atoms. The Morgan fingerprint density at radius 1 is 1.13 bits per heavy atom. The van der Waals surface area contributed by atoms with Gasteiger partial charge in [-0.2, -0.15) is 5.10 Å². The van der Waals surface area contributed by atoms with Crippen molar-refractivity contribution in [1.82, 2.24) is 29.5 Å². The van der Waals surface area contributed by atoms with Crippen LogP contribution in [0, 0.1) is 0 Å². The lowest BCUT2D eigenvalue weighted by molar-refractivity contribution is 0.101. The third-order valence-corrected chi connectivity index (χ3v) is 3.29. The Kier molecular flexibility index (Phi) is 2.83. The minimum Gasteiger partial charge on any atom is -0.267 e. The van der Waals surface area contributed by atoms with Crippen LogP contribution < -0.4 is 11.0 Å². The summed E-state index contributed by atoms with van der Waals surface area (Å²) in [6.07, 6.45) is 5.99. The molecule has 9 nitrogen and oxygen atoms in total. The molecule has 0 saturated heterocycles. The van der Waals surface area contributed by atoms with E-state index < -0.39 is 11.5 Å². The van der Waals surface area contributed by atoms with Crippen molar-refractivity contribution in [2.45, 2.75) is 0 Å². The smallest absolute Gasteiger partial charge is 0.267 e. The lowest BCUT2D eigenvalue weighted by Crippen LogP contribution is -2.33. The number of nitrogens with one attached hydrogen (secondary N) is 1. The zero-order valence-corrected chi connectivity index (χ0v) is 11.6. The number of aromatic nitrogens is 6. The lowest BCUT2D eigenvalue weighted by Gasteiger charge is -2.08. The van der Waals surface area contributed by atoms with Gasteiger partial charge in [0.1, 0.15) is 5.52 Å². The summed E-state index contributed by atoms with van der Waals surface area (Å²) in [4.78, 5) is 28.4. The second-order valence-corrected chi connectivity index (χ2v) is 4.71. The minimum absolute atomic E-state index is 0.107. The molecular formula is C14H9N7O2. The fourth-order valence-corrected chi connectivity index (χ4v) is 2.20. The first kappa shape index (κ1) is 13.1. The molecule has 112 valence electrons. The molecule has 1 N–H and O–H groups in total. The molecule has 4 aromatic heterocycles. The van der Waals surface area contributed by atoms with Crippen molar-refractivity contribution in [2.75, 3.05) is 5.43 Å². The van der Waals surface area contributed by atoms with Gasteiger partial charge in [0.2, 0.25) is 0 Å². The Balaban J connectivity index is 1.79. The van der Waals surface area contributed by atoms with Crippen LogP contribution in [0.1, 0.15) is 10.4 Å². The zero-order valence-electron chi connectivity index (χ0n) is 11.6. The van der Waals surface area contributed by atoms with E-state index in [-0.39, 0.29) is 5.52 Å². The van der Waals surface area contributed by atoms with Crippen LogP contribution in [0.25, 0.3) is 16.7 Å². The molecule has 0 aromatic carbocycles. The summed E-state index contributed by atoms with van der Waals surface area (Å²) >= 11 is 0. The van der Waals surface area contributed by atoms with Gasteiger partial charge >= 0.3 is 0 Å².